The van der Waals surface area contributed by atoms with Crippen LogP contribution in [-0.2, 0) is 28.5 Å². The summed E-state index contributed by atoms with van der Waals surface area (Å²) in [5.74, 6) is -0.224. The lowest BCUT2D eigenvalue weighted by atomic mass is 9.78. The van der Waals surface area contributed by atoms with Gasteiger partial charge in [-0.05, 0) is 75.4 Å². The van der Waals surface area contributed by atoms with Gasteiger partial charge in [-0.25, -0.2) is 4.39 Å². The summed E-state index contributed by atoms with van der Waals surface area (Å²) in [7, 11) is 0. The van der Waals surface area contributed by atoms with Crippen LogP contribution in [0.15, 0.2) is 42.5 Å². The van der Waals surface area contributed by atoms with Gasteiger partial charge in [0.25, 0.3) is 0 Å². The van der Waals surface area contributed by atoms with Crippen molar-refractivity contribution in [3.63, 3.8) is 0 Å². The van der Waals surface area contributed by atoms with Crippen molar-refractivity contribution in [1.29, 1.82) is 0 Å². The van der Waals surface area contributed by atoms with Gasteiger partial charge in [-0.2, -0.15) is 26.3 Å². The van der Waals surface area contributed by atoms with Crippen LogP contribution in [0.3, 0.4) is 0 Å². The average molecular weight is 549 g/mol. The lowest BCUT2D eigenvalue weighted by molar-refractivity contribution is -0.143. The summed E-state index contributed by atoms with van der Waals surface area (Å²) in [4.78, 5) is 14.1. The predicted molar refractivity (Wildman–Crippen MR) is 127 cm³/mol. The average Bonchev–Trinajstić information content (AvgIpc) is 3.22. The zero-order valence-corrected chi connectivity index (χ0v) is 21.3. The largest absolute Gasteiger partial charge is 0.416 e. The van der Waals surface area contributed by atoms with Gasteiger partial charge in [0.15, 0.2) is 0 Å². The number of nitrogens with zero attached hydrogens (tertiary/aromatic N) is 1. The summed E-state index contributed by atoms with van der Waals surface area (Å²) in [6.45, 7) is 5.51. The Labute approximate surface area is 216 Å². The Balaban J connectivity index is 0.000000427. The molecule has 210 valence electrons. The second kappa shape index (κ2) is 11.2. The Kier molecular flexibility index (Phi) is 8.82. The normalized spacial score (nSPS) is 22.1. The Bertz CT molecular complexity index is 1060. The highest BCUT2D eigenvalue weighted by atomic mass is 19.4. The topological polar surface area (TPSA) is 55.6 Å². The minimum atomic E-state index is -4.90. The first-order valence-corrected chi connectivity index (χ1v) is 12.1. The number of amides is 1. The molecule has 0 bridgehead atoms. The highest BCUT2D eigenvalue weighted by Crippen LogP contribution is 2.38. The Morgan fingerprint density at radius 2 is 1.50 bits per heavy atom. The van der Waals surface area contributed by atoms with Crippen LogP contribution in [0.5, 0.6) is 0 Å². The minimum Gasteiger partial charge on any atom is -0.372 e. The van der Waals surface area contributed by atoms with E-state index in [4.69, 9.17) is 10.5 Å². The summed E-state index contributed by atoms with van der Waals surface area (Å²) in [6.07, 6.45) is -8.78. The quantitative estimate of drug-likeness (QED) is 0.445. The van der Waals surface area contributed by atoms with Gasteiger partial charge in [-0.1, -0.05) is 17.7 Å². The van der Waals surface area contributed by atoms with Gasteiger partial charge in [-0.15, -0.1) is 0 Å². The fraction of sp³-hybridized carbons (Fsp3) is 0.519. The summed E-state index contributed by atoms with van der Waals surface area (Å²) in [5, 5.41) is 0. The molecular formula is C27H31F7N2O2. The van der Waals surface area contributed by atoms with E-state index in [0.717, 1.165) is 5.56 Å². The molecule has 1 amide bonds. The van der Waals surface area contributed by atoms with Gasteiger partial charge in [0.1, 0.15) is 5.82 Å². The number of rotatable bonds is 4. The molecule has 2 aliphatic rings. The Morgan fingerprint density at radius 1 is 0.947 bits per heavy atom. The molecule has 2 N–H and O–H groups in total. The molecule has 0 aliphatic carbocycles. The van der Waals surface area contributed by atoms with Crippen LogP contribution in [0.1, 0.15) is 55.4 Å². The second-order valence-electron chi connectivity index (χ2n) is 10.5. The molecule has 3 unspecified atom stereocenters. The number of aryl methyl sites for hydroxylation is 1. The molecular weight excluding hydrogens is 517 g/mol. The third-order valence-corrected chi connectivity index (χ3v) is 6.87. The summed E-state index contributed by atoms with van der Waals surface area (Å²) in [6, 6.07) is 7.73. The van der Waals surface area contributed by atoms with Crippen molar-refractivity contribution in [1.82, 2.24) is 4.90 Å². The molecule has 0 saturated carbocycles. The first-order valence-electron chi connectivity index (χ1n) is 12.1. The van der Waals surface area contributed by atoms with Crippen molar-refractivity contribution in [2.24, 2.45) is 11.7 Å². The number of fused-ring (bicyclic) bond motifs is 1. The molecule has 0 aromatic heterocycles. The lowest BCUT2D eigenvalue weighted by Crippen LogP contribution is -2.51. The number of carbonyl (C=O) groups excluding carboxylic acids is 1. The van der Waals surface area contributed by atoms with Crippen LogP contribution >= 0.6 is 0 Å². The molecule has 0 spiro atoms. The van der Waals surface area contributed by atoms with E-state index in [-0.39, 0.29) is 41.9 Å². The maximum Gasteiger partial charge on any atom is 0.416 e. The number of carbonyl (C=O) groups is 1. The number of benzene rings is 2. The van der Waals surface area contributed by atoms with Gasteiger partial charge < -0.3 is 15.4 Å². The molecule has 2 aromatic carbocycles. The highest BCUT2D eigenvalue weighted by molar-refractivity contribution is 5.78. The van der Waals surface area contributed by atoms with Crippen molar-refractivity contribution < 1.29 is 40.3 Å². The zero-order valence-electron chi connectivity index (χ0n) is 21.3. The number of hydrogen-bond donors (Lipinski definition) is 1. The van der Waals surface area contributed by atoms with Crippen molar-refractivity contribution in [3.8, 4) is 0 Å². The maximum absolute atomic E-state index is 13.0. The van der Waals surface area contributed by atoms with Crippen LogP contribution in [0, 0.1) is 18.7 Å². The number of halogens is 7. The zero-order chi connectivity index (χ0) is 28.5. The molecule has 3 atom stereocenters. The van der Waals surface area contributed by atoms with Gasteiger partial charge >= 0.3 is 12.4 Å². The second-order valence-corrected chi connectivity index (χ2v) is 10.5. The number of piperidine rings is 1. The van der Waals surface area contributed by atoms with Gasteiger partial charge in [0.2, 0.25) is 5.91 Å². The van der Waals surface area contributed by atoms with Gasteiger partial charge in [0.05, 0.1) is 23.8 Å². The van der Waals surface area contributed by atoms with E-state index in [1.54, 1.807) is 17.0 Å². The summed E-state index contributed by atoms with van der Waals surface area (Å²) in [5.41, 5.74) is 3.75. The van der Waals surface area contributed by atoms with Crippen molar-refractivity contribution in [2.45, 2.75) is 76.7 Å². The lowest BCUT2D eigenvalue weighted by Gasteiger charge is -2.40. The number of hydrogen-bond acceptors (Lipinski definition) is 3. The third kappa shape index (κ3) is 7.92. The minimum absolute atomic E-state index is 0.00260. The van der Waals surface area contributed by atoms with Crippen molar-refractivity contribution in [3.05, 3.63) is 70.5 Å². The first-order chi connectivity index (χ1) is 17.4. The van der Waals surface area contributed by atoms with E-state index in [1.165, 1.54) is 12.1 Å². The molecule has 0 radical (unpaired) electrons. The molecule has 2 aromatic rings. The Hall–Kier alpha value is -2.66. The monoisotopic (exact) mass is 548 g/mol. The summed E-state index contributed by atoms with van der Waals surface area (Å²) < 4.78 is 95.7. The van der Waals surface area contributed by atoms with E-state index in [2.05, 4.69) is 0 Å². The van der Waals surface area contributed by atoms with Crippen LogP contribution in [-0.4, -0.2) is 35.0 Å². The van der Waals surface area contributed by atoms with E-state index >= 15 is 0 Å². The third-order valence-electron chi connectivity index (χ3n) is 6.87. The molecule has 2 saturated heterocycles. The first kappa shape index (κ1) is 29.9. The fourth-order valence-electron chi connectivity index (χ4n) is 4.68. The molecule has 4 nitrogen and oxygen atoms in total. The standard InChI is InChI=1S/C20H24F6N2O2.C7H7F/c1-18(2,27)12-6-15-8-16(9-28(15)17(29)7-12)30-10-11-3-13(19(21,22)23)5-14(4-11)20(24,25)26;1-6-2-4-7(8)5-3-6/h3-5,12,15-16H,6-10,27H2,1-2H3;2-5H,1H3. The van der Waals surface area contributed by atoms with Crippen LogP contribution in [0.4, 0.5) is 30.7 Å². The highest BCUT2D eigenvalue weighted by Gasteiger charge is 2.44. The van der Waals surface area contributed by atoms with Crippen molar-refractivity contribution in [2.75, 3.05) is 6.54 Å². The van der Waals surface area contributed by atoms with Gasteiger partial charge in [0, 0.05) is 24.5 Å². The van der Waals surface area contributed by atoms with E-state index in [9.17, 15) is 35.5 Å². The molecule has 2 heterocycles. The van der Waals surface area contributed by atoms with Crippen molar-refractivity contribution >= 4 is 5.91 Å². The molecule has 11 heteroatoms. The predicted octanol–water partition coefficient (Wildman–Crippen LogP) is 6.49. The molecule has 38 heavy (non-hydrogen) atoms. The van der Waals surface area contributed by atoms with Crippen LogP contribution in [0.2, 0.25) is 0 Å². The molecule has 2 aliphatic heterocycles. The maximum atomic E-state index is 13.0. The molecule has 4 rings (SSSR count). The SMILES string of the molecule is CC(C)(N)C1CC(=O)N2CC(OCc3cc(C(F)(F)F)cc(C(F)(F)F)c3)CC2C1.Cc1ccc(F)cc1. The van der Waals surface area contributed by atoms with Crippen LogP contribution in [0.25, 0.3) is 0 Å². The summed E-state index contributed by atoms with van der Waals surface area (Å²) >= 11 is 0. The van der Waals surface area contributed by atoms with E-state index in [0.29, 0.717) is 31.4 Å². The van der Waals surface area contributed by atoms with E-state index < -0.39 is 41.7 Å². The Morgan fingerprint density at radius 3 is 1.97 bits per heavy atom. The van der Waals surface area contributed by atoms with Crippen LogP contribution < -0.4 is 5.73 Å². The number of ether oxygens (including phenoxy) is 1. The number of nitrogens with two attached hydrogens (primary N) is 1. The number of alkyl halides is 6. The fourth-order valence-corrected chi connectivity index (χ4v) is 4.68. The molecule has 2 fully saturated rings. The van der Waals surface area contributed by atoms with E-state index in [1.807, 2.05) is 20.8 Å². The smallest absolute Gasteiger partial charge is 0.372 e. The van der Waals surface area contributed by atoms with Gasteiger partial charge in [-0.3, -0.25) is 4.79 Å².